The Bertz CT molecular complexity index is 357. The Kier molecular flexibility index (Phi) is 2.53. The lowest BCUT2D eigenvalue weighted by atomic mass is 9.68. The number of fused-ring (bicyclic) bond motifs is 1. The summed E-state index contributed by atoms with van der Waals surface area (Å²) in [5, 5.41) is 3.37. The minimum Gasteiger partial charge on any atom is -0.376 e. The van der Waals surface area contributed by atoms with E-state index in [0.717, 1.165) is 18.8 Å². The number of hydrogen-bond donors (Lipinski definition) is 2. The van der Waals surface area contributed by atoms with Gasteiger partial charge in [0, 0.05) is 24.8 Å². The van der Waals surface area contributed by atoms with Gasteiger partial charge in [-0.25, -0.2) is 4.98 Å². The predicted molar refractivity (Wildman–Crippen MR) is 62.1 cm³/mol. The molecule has 1 saturated heterocycles. The number of anilines is 1. The molecule has 2 aliphatic rings. The van der Waals surface area contributed by atoms with Crippen LogP contribution in [0, 0.1) is 5.92 Å². The van der Waals surface area contributed by atoms with Crippen LogP contribution in [0.4, 0.5) is 5.82 Å². The molecule has 1 aliphatic carbocycles. The Morgan fingerprint density at radius 1 is 1.44 bits per heavy atom. The smallest absolute Gasteiger partial charge is 0.126 e. The Labute approximate surface area is 95.2 Å². The first-order valence-corrected chi connectivity index (χ1v) is 5.91. The number of ether oxygens (including phenoxy) is 1. The van der Waals surface area contributed by atoms with Gasteiger partial charge in [-0.05, 0) is 25.0 Å². The van der Waals surface area contributed by atoms with Gasteiger partial charge in [-0.3, -0.25) is 0 Å². The van der Waals surface area contributed by atoms with Crippen molar-refractivity contribution in [2.45, 2.75) is 31.0 Å². The van der Waals surface area contributed by atoms with Gasteiger partial charge in [0.05, 0.1) is 12.1 Å². The third-order valence-electron chi connectivity index (χ3n) is 3.66. The van der Waals surface area contributed by atoms with Crippen molar-refractivity contribution in [1.29, 1.82) is 0 Å². The second-order valence-electron chi connectivity index (χ2n) is 4.60. The maximum atomic E-state index is 6.15. The number of nitrogens with zero attached hydrogens (tertiary/aromatic N) is 1. The molecule has 2 heterocycles. The molecule has 4 atom stereocenters. The number of pyridine rings is 1. The molecular formula is C12H17N3O. The molecule has 0 spiro atoms. The van der Waals surface area contributed by atoms with Gasteiger partial charge in [0.15, 0.2) is 0 Å². The Morgan fingerprint density at radius 2 is 2.38 bits per heavy atom. The minimum atomic E-state index is 0.201. The van der Waals surface area contributed by atoms with Crippen molar-refractivity contribution in [1.82, 2.24) is 4.98 Å². The van der Waals surface area contributed by atoms with Crippen molar-refractivity contribution >= 4 is 5.82 Å². The predicted octanol–water partition coefficient (Wildman–Crippen LogP) is 0.998. The molecule has 4 unspecified atom stereocenters. The van der Waals surface area contributed by atoms with Crippen LogP contribution in [0.1, 0.15) is 12.8 Å². The quantitative estimate of drug-likeness (QED) is 0.779. The average Bonchev–Trinajstić information content (AvgIpc) is 2.37. The first-order chi connectivity index (χ1) is 7.86. The third-order valence-corrected chi connectivity index (χ3v) is 3.66. The second-order valence-corrected chi connectivity index (χ2v) is 4.60. The molecular weight excluding hydrogens is 202 g/mol. The van der Waals surface area contributed by atoms with Crippen molar-refractivity contribution in [2.75, 3.05) is 11.9 Å². The highest BCUT2D eigenvalue weighted by Gasteiger charge is 2.50. The van der Waals surface area contributed by atoms with Gasteiger partial charge in [0.2, 0.25) is 0 Å². The molecule has 3 N–H and O–H groups in total. The van der Waals surface area contributed by atoms with E-state index in [9.17, 15) is 0 Å². The van der Waals surface area contributed by atoms with E-state index < -0.39 is 0 Å². The van der Waals surface area contributed by atoms with Gasteiger partial charge >= 0.3 is 0 Å². The van der Waals surface area contributed by atoms with Crippen molar-refractivity contribution in [3.05, 3.63) is 24.4 Å². The largest absolute Gasteiger partial charge is 0.376 e. The molecule has 1 aliphatic heterocycles. The molecule has 4 heteroatoms. The fourth-order valence-corrected chi connectivity index (χ4v) is 2.74. The van der Waals surface area contributed by atoms with Gasteiger partial charge < -0.3 is 15.8 Å². The SMILES string of the molecule is NC1C2CCCOC2C1Nc1ccccn1. The van der Waals surface area contributed by atoms with E-state index in [4.69, 9.17) is 10.5 Å². The van der Waals surface area contributed by atoms with Crippen molar-refractivity contribution in [3.63, 3.8) is 0 Å². The summed E-state index contributed by atoms with van der Waals surface area (Å²) in [5.74, 6) is 1.42. The van der Waals surface area contributed by atoms with Crippen LogP contribution >= 0.6 is 0 Å². The summed E-state index contributed by atoms with van der Waals surface area (Å²) in [6.45, 7) is 0.869. The molecule has 0 bridgehead atoms. The average molecular weight is 219 g/mol. The number of aromatic nitrogens is 1. The van der Waals surface area contributed by atoms with Crippen LogP contribution in [0.5, 0.6) is 0 Å². The molecule has 1 saturated carbocycles. The van der Waals surface area contributed by atoms with Crippen LogP contribution in [0.2, 0.25) is 0 Å². The van der Waals surface area contributed by atoms with Crippen LogP contribution in [0.3, 0.4) is 0 Å². The van der Waals surface area contributed by atoms with E-state index in [-0.39, 0.29) is 18.2 Å². The Balaban J connectivity index is 1.68. The molecule has 3 rings (SSSR count). The topological polar surface area (TPSA) is 60.2 Å². The first-order valence-electron chi connectivity index (χ1n) is 5.91. The minimum absolute atomic E-state index is 0.201. The fraction of sp³-hybridized carbons (Fsp3) is 0.583. The summed E-state index contributed by atoms with van der Waals surface area (Å²) in [6.07, 6.45) is 4.41. The van der Waals surface area contributed by atoms with E-state index in [2.05, 4.69) is 10.3 Å². The molecule has 0 radical (unpaired) electrons. The van der Waals surface area contributed by atoms with Gasteiger partial charge in [0.1, 0.15) is 5.82 Å². The summed E-state index contributed by atoms with van der Waals surface area (Å²) in [6, 6.07) is 6.26. The van der Waals surface area contributed by atoms with Gasteiger partial charge in [0.25, 0.3) is 0 Å². The van der Waals surface area contributed by atoms with Crippen LogP contribution in [-0.4, -0.2) is 29.8 Å². The molecule has 1 aromatic rings. The molecule has 16 heavy (non-hydrogen) atoms. The zero-order valence-corrected chi connectivity index (χ0v) is 9.17. The van der Waals surface area contributed by atoms with Crippen LogP contribution in [-0.2, 0) is 4.74 Å². The molecule has 4 nitrogen and oxygen atoms in total. The monoisotopic (exact) mass is 219 g/mol. The zero-order chi connectivity index (χ0) is 11.0. The summed E-state index contributed by atoms with van der Waals surface area (Å²) in [5.41, 5.74) is 6.15. The van der Waals surface area contributed by atoms with E-state index in [1.165, 1.54) is 6.42 Å². The number of rotatable bonds is 2. The molecule has 2 fully saturated rings. The molecule has 1 aromatic heterocycles. The van der Waals surface area contributed by atoms with Crippen molar-refractivity contribution < 1.29 is 4.74 Å². The number of nitrogens with one attached hydrogen (secondary N) is 1. The van der Waals surface area contributed by atoms with Crippen LogP contribution in [0.25, 0.3) is 0 Å². The van der Waals surface area contributed by atoms with Crippen molar-refractivity contribution in [2.24, 2.45) is 11.7 Å². The Morgan fingerprint density at radius 3 is 3.19 bits per heavy atom. The lowest BCUT2D eigenvalue weighted by Gasteiger charge is -2.52. The fourth-order valence-electron chi connectivity index (χ4n) is 2.74. The van der Waals surface area contributed by atoms with Crippen LogP contribution < -0.4 is 11.1 Å². The zero-order valence-electron chi connectivity index (χ0n) is 9.17. The molecule has 0 amide bonds. The van der Waals surface area contributed by atoms with Crippen LogP contribution in [0.15, 0.2) is 24.4 Å². The van der Waals surface area contributed by atoms with E-state index in [1.54, 1.807) is 6.20 Å². The van der Waals surface area contributed by atoms with E-state index in [0.29, 0.717) is 5.92 Å². The second kappa shape index (κ2) is 4.03. The van der Waals surface area contributed by atoms with Gasteiger partial charge in [-0.1, -0.05) is 6.07 Å². The van der Waals surface area contributed by atoms with Gasteiger partial charge in [-0.15, -0.1) is 0 Å². The standard InChI is InChI=1S/C12H17N3O/c13-10-8-4-3-7-16-12(8)11(10)15-9-5-1-2-6-14-9/h1-2,5-6,8,10-12H,3-4,7,13H2,(H,14,15). The third kappa shape index (κ3) is 1.58. The lowest BCUT2D eigenvalue weighted by molar-refractivity contribution is -0.104. The summed E-state index contributed by atoms with van der Waals surface area (Å²) in [4.78, 5) is 4.25. The highest BCUT2D eigenvalue weighted by Crippen LogP contribution is 2.38. The molecule has 0 aromatic carbocycles. The maximum Gasteiger partial charge on any atom is 0.126 e. The number of nitrogens with two attached hydrogens (primary N) is 1. The van der Waals surface area contributed by atoms with Gasteiger partial charge in [-0.2, -0.15) is 0 Å². The summed E-state index contributed by atoms with van der Waals surface area (Å²) >= 11 is 0. The lowest BCUT2D eigenvalue weighted by Crippen LogP contribution is -2.69. The van der Waals surface area contributed by atoms with E-state index in [1.807, 2.05) is 18.2 Å². The van der Waals surface area contributed by atoms with Crippen molar-refractivity contribution in [3.8, 4) is 0 Å². The molecule has 86 valence electrons. The first kappa shape index (κ1) is 10.1. The normalized spacial score (nSPS) is 37.3. The summed E-state index contributed by atoms with van der Waals surface area (Å²) in [7, 11) is 0. The Hall–Kier alpha value is -1.13. The highest BCUT2D eigenvalue weighted by atomic mass is 16.5. The number of hydrogen-bond acceptors (Lipinski definition) is 4. The highest BCUT2D eigenvalue weighted by molar-refractivity contribution is 5.37. The maximum absolute atomic E-state index is 6.15. The van der Waals surface area contributed by atoms with E-state index >= 15 is 0 Å². The summed E-state index contributed by atoms with van der Waals surface area (Å²) < 4.78 is 5.76.